The summed E-state index contributed by atoms with van der Waals surface area (Å²) in [7, 11) is 0. The molecule has 0 unspecified atom stereocenters. The molecule has 150 valence electrons. The van der Waals surface area contributed by atoms with Crippen LogP contribution in [0.2, 0.25) is 0 Å². The molecular weight excluding hydrogens is 354 g/mol. The average Bonchev–Trinajstić information content (AvgIpc) is 3.41. The predicted octanol–water partition coefficient (Wildman–Crippen LogP) is 2.39. The van der Waals surface area contributed by atoms with Crippen molar-refractivity contribution in [1.29, 1.82) is 0 Å². The fraction of sp³-hybridized carbons (Fsp3) is 0.571. The number of aromatic amines is 2. The van der Waals surface area contributed by atoms with Crippen molar-refractivity contribution in [3.05, 3.63) is 41.7 Å². The van der Waals surface area contributed by atoms with Crippen LogP contribution in [-0.4, -0.2) is 62.7 Å². The van der Waals surface area contributed by atoms with E-state index in [4.69, 9.17) is 0 Å². The molecule has 2 amide bonds. The molecule has 0 bridgehead atoms. The average molecular weight is 383 g/mol. The monoisotopic (exact) mass is 383 g/mol. The summed E-state index contributed by atoms with van der Waals surface area (Å²) in [6, 6.07) is 3.88. The lowest BCUT2D eigenvalue weighted by molar-refractivity contribution is -0.138. The van der Waals surface area contributed by atoms with Gasteiger partial charge in [0.2, 0.25) is 5.91 Å². The van der Waals surface area contributed by atoms with Gasteiger partial charge in [-0.15, -0.1) is 0 Å². The zero-order valence-electron chi connectivity index (χ0n) is 16.5. The van der Waals surface area contributed by atoms with Crippen molar-refractivity contribution in [2.75, 3.05) is 26.2 Å². The van der Waals surface area contributed by atoms with Crippen LogP contribution in [0.3, 0.4) is 0 Å². The lowest BCUT2D eigenvalue weighted by atomic mass is 9.72. The summed E-state index contributed by atoms with van der Waals surface area (Å²) in [6.45, 7) is 5.15. The van der Waals surface area contributed by atoms with Crippen LogP contribution in [-0.2, 0) is 17.6 Å². The first-order chi connectivity index (χ1) is 13.6. The number of nitrogens with one attached hydrogen (secondary N) is 2. The minimum Gasteiger partial charge on any atom is -0.354 e. The first-order valence-electron chi connectivity index (χ1n) is 10.3. The van der Waals surface area contributed by atoms with E-state index in [9.17, 15) is 9.59 Å². The van der Waals surface area contributed by atoms with E-state index in [0.29, 0.717) is 12.1 Å². The fourth-order valence-electron chi connectivity index (χ4n) is 4.52. The highest BCUT2D eigenvalue weighted by Crippen LogP contribution is 2.40. The number of aryl methyl sites for hydroxylation is 1. The van der Waals surface area contributed by atoms with E-state index in [1.54, 1.807) is 6.33 Å². The van der Waals surface area contributed by atoms with E-state index in [1.165, 1.54) is 0 Å². The molecule has 2 N–H and O–H groups in total. The topological polar surface area (TPSA) is 85.1 Å². The quantitative estimate of drug-likeness (QED) is 0.831. The SMILES string of the molecule is CCc1ccc(C(=O)N2CCC3(CCC(=O)N(CCc4cnc[nH]4)C3)CC2)[nH]1. The predicted molar refractivity (Wildman–Crippen MR) is 106 cm³/mol. The maximum Gasteiger partial charge on any atom is 0.270 e. The smallest absolute Gasteiger partial charge is 0.270 e. The first-order valence-corrected chi connectivity index (χ1v) is 10.3. The van der Waals surface area contributed by atoms with Gasteiger partial charge in [-0.3, -0.25) is 9.59 Å². The standard InChI is InChI=1S/C21H29N5O2/c1-2-16-3-4-18(24-16)20(28)25-11-8-21(9-12-25)7-5-19(27)26(14-21)10-6-17-13-22-15-23-17/h3-4,13,15,24H,2,5-12,14H2,1H3,(H,22,23). The zero-order valence-corrected chi connectivity index (χ0v) is 16.5. The van der Waals surface area contributed by atoms with Crippen LogP contribution in [0, 0.1) is 5.41 Å². The van der Waals surface area contributed by atoms with Gasteiger partial charge in [0.05, 0.1) is 6.33 Å². The van der Waals surface area contributed by atoms with E-state index in [1.807, 2.05) is 28.1 Å². The molecule has 1 spiro atoms. The molecule has 28 heavy (non-hydrogen) atoms. The number of likely N-dealkylation sites (tertiary alicyclic amines) is 2. The highest BCUT2D eigenvalue weighted by molar-refractivity contribution is 5.92. The third kappa shape index (κ3) is 3.84. The summed E-state index contributed by atoms with van der Waals surface area (Å²) in [5.74, 6) is 0.347. The number of amides is 2. The minimum atomic E-state index is 0.0949. The molecule has 4 heterocycles. The number of carbonyl (C=O) groups is 2. The first kappa shape index (κ1) is 18.8. The Bertz CT molecular complexity index is 818. The van der Waals surface area contributed by atoms with E-state index >= 15 is 0 Å². The number of imidazole rings is 1. The number of hydrogen-bond donors (Lipinski definition) is 2. The van der Waals surface area contributed by atoms with Crippen molar-refractivity contribution >= 4 is 11.8 Å². The molecule has 0 aromatic carbocycles. The van der Waals surface area contributed by atoms with Crippen LogP contribution in [0.5, 0.6) is 0 Å². The van der Waals surface area contributed by atoms with Gasteiger partial charge in [0.15, 0.2) is 0 Å². The van der Waals surface area contributed by atoms with Crippen LogP contribution in [0.1, 0.15) is 54.5 Å². The van der Waals surface area contributed by atoms with Crippen molar-refractivity contribution in [2.45, 2.75) is 45.4 Å². The fourth-order valence-corrected chi connectivity index (χ4v) is 4.52. The van der Waals surface area contributed by atoms with Gasteiger partial charge in [-0.2, -0.15) is 0 Å². The summed E-state index contributed by atoms with van der Waals surface area (Å²) in [5, 5.41) is 0. The number of piperidine rings is 2. The maximum absolute atomic E-state index is 12.8. The molecule has 0 radical (unpaired) electrons. The van der Waals surface area contributed by atoms with Crippen molar-refractivity contribution in [3.63, 3.8) is 0 Å². The normalized spacial score (nSPS) is 19.4. The number of nitrogens with zero attached hydrogens (tertiary/aromatic N) is 3. The van der Waals surface area contributed by atoms with Crippen LogP contribution in [0.4, 0.5) is 0 Å². The van der Waals surface area contributed by atoms with Gasteiger partial charge in [-0.25, -0.2) is 4.98 Å². The van der Waals surface area contributed by atoms with Crippen LogP contribution in [0.25, 0.3) is 0 Å². The molecule has 0 saturated carbocycles. The van der Waals surface area contributed by atoms with Gasteiger partial charge in [0.25, 0.3) is 5.91 Å². The molecule has 7 nitrogen and oxygen atoms in total. The Morgan fingerprint density at radius 3 is 2.71 bits per heavy atom. The molecule has 2 aliphatic heterocycles. The van der Waals surface area contributed by atoms with E-state index in [0.717, 1.165) is 69.7 Å². The number of hydrogen-bond acceptors (Lipinski definition) is 3. The van der Waals surface area contributed by atoms with Crippen LogP contribution in [0.15, 0.2) is 24.7 Å². The third-order valence-electron chi connectivity index (χ3n) is 6.42. The second kappa shape index (κ2) is 7.81. The molecule has 2 fully saturated rings. The molecule has 4 rings (SSSR count). The Morgan fingerprint density at radius 2 is 2.04 bits per heavy atom. The summed E-state index contributed by atoms with van der Waals surface area (Å²) in [4.78, 5) is 39.5. The number of H-pyrrole nitrogens is 2. The summed E-state index contributed by atoms with van der Waals surface area (Å²) in [6.07, 6.45) is 8.69. The lowest BCUT2D eigenvalue weighted by Gasteiger charge is -2.47. The molecule has 2 saturated heterocycles. The number of rotatable bonds is 5. The highest BCUT2D eigenvalue weighted by atomic mass is 16.2. The third-order valence-corrected chi connectivity index (χ3v) is 6.42. The molecule has 0 atom stereocenters. The van der Waals surface area contributed by atoms with Gasteiger partial charge in [-0.05, 0) is 43.2 Å². The summed E-state index contributed by atoms with van der Waals surface area (Å²) >= 11 is 0. The van der Waals surface area contributed by atoms with E-state index < -0.39 is 0 Å². The molecule has 2 aromatic heterocycles. The zero-order chi connectivity index (χ0) is 19.6. The van der Waals surface area contributed by atoms with Crippen LogP contribution < -0.4 is 0 Å². The highest BCUT2D eigenvalue weighted by Gasteiger charge is 2.41. The molecular formula is C21H29N5O2. The van der Waals surface area contributed by atoms with E-state index in [2.05, 4.69) is 21.9 Å². The van der Waals surface area contributed by atoms with Gasteiger partial charge in [0, 0.05) is 56.6 Å². The Hall–Kier alpha value is -2.57. The van der Waals surface area contributed by atoms with Crippen LogP contribution >= 0.6 is 0 Å². The molecule has 0 aliphatic carbocycles. The van der Waals surface area contributed by atoms with E-state index in [-0.39, 0.29) is 17.2 Å². The largest absolute Gasteiger partial charge is 0.354 e. The van der Waals surface area contributed by atoms with Gasteiger partial charge in [0.1, 0.15) is 5.69 Å². The van der Waals surface area contributed by atoms with Gasteiger partial charge in [-0.1, -0.05) is 6.92 Å². The van der Waals surface area contributed by atoms with Gasteiger partial charge >= 0.3 is 0 Å². The van der Waals surface area contributed by atoms with Gasteiger partial charge < -0.3 is 19.8 Å². The Kier molecular flexibility index (Phi) is 5.24. The number of carbonyl (C=O) groups excluding carboxylic acids is 2. The second-order valence-electron chi connectivity index (χ2n) is 8.19. The Morgan fingerprint density at radius 1 is 1.21 bits per heavy atom. The summed E-state index contributed by atoms with van der Waals surface area (Å²) < 4.78 is 0. The molecule has 2 aromatic rings. The van der Waals surface area contributed by atoms with Crippen molar-refractivity contribution in [1.82, 2.24) is 24.8 Å². The lowest BCUT2D eigenvalue weighted by Crippen LogP contribution is -2.52. The Balaban J connectivity index is 1.34. The van der Waals surface area contributed by atoms with Crippen molar-refractivity contribution in [2.24, 2.45) is 5.41 Å². The second-order valence-corrected chi connectivity index (χ2v) is 8.19. The minimum absolute atomic E-state index is 0.0949. The molecule has 7 heteroatoms. The Labute approximate surface area is 165 Å². The van der Waals surface area contributed by atoms with Crippen molar-refractivity contribution in [3.8, 4) is 0 Å². The van der Waals surface area contributed by atoms with Crippen molar-refractivity contribution < 1.29 is 9.59 Å². The maximum atomic E-state index is 12.8. The number of aromatic nitrogens is 3. The summed E-state index contributed by atoms with van der Waals surface area (Å²) in [5.41, 5.74) is 3.00. The molecule has 2 aliphatic rings.